The highest BCUT2D eigenvalue weighted by atomic mass is 16.6. The summed E-state index contributed by atoms with van der Waals surface area (Å²) in [6.07, 6.45) is 1.95. The molecule has 1 aromatic carbocycles. The topological polar surface area (TPSA) is 50.8 Å². The first-order valence-electron chi connectivity index (χ1n) is 8.16. The fourth-order valence-corrected chi connectivity index (χ4v) is 3.09. The van der Waals surface area contributed by atoms with Crippen LogP contribution < -0.4 is 14.8 Å². The molecule has 1 aromatic rings. The SMILES string of the molecule is CCN(CC1COc2ccccc2O1)C(=O)C1CCCNC1. The Morgan fingerprint density at radius 1 is 1.36 bits per heavy atom. The van der Waals surface area contributed by atoms with E-state index in [1.165, 1.54) is 0 Å². The number of hydrogen-bond acceptors (Lipinski definition) is 4. The van der Waals surface area contributed by atoms with Gasteiger partial charge in [-0.15, -0.1) is 0 Å². The number of benzene rings is 1. The van der Waals surface area contributed by atoms with E-state index in [0.717, 1.165) is 37.4 Å². The molecule has 1 N–H and O–H groups in total. The number of hydrogen-bond donors (Lipinski definition) is 1. The van der Waals surface area contributed by atoms with Crippen molar-refractivity contribution in [2.45, 2.75) is 25.9 Å². The van der Waals surface area contributed by atoms with E-state index in [1.54, 1.807) is 0 Å². The summed E-state index contributed by atoms with van der Waals surface area (Å²) in [5.74, 6) is 1.88. The number of carbonyl (C=O) groups excluding carboxylic acids is 1. The van der Waals surface area contributed by atoms with Gasteiger partial charge in [-0.2, -0.15) is 0 Å². The third kappa shape index (κ3) is 3.35. The second-order valence-corrected chi connectivity index (χ2v) is 5.92. The highest BCUT2D eigenvalue weighted by molar-refractivity contribution is 5.79. The molecule has 0 aromatic heterocycles. The summed E-state index contributed by atoms with van der Waals surface area (Å²) in [6, 6.07) is 7.67. The third-order valence-electron chi connectivity index (χ3n) is 4.33. The maximum atomic E-state index is 12.6. The molecule has 2 atom stereocenters. The first kappa shape index (κ1) is 15.2. The second-order valence-electron chi connectivity index (χ2n) is 5.92. The number of piperidine rings is 1. The number of nitrogens with zero attached hydrogens (tertiary/aromatic N) is 1. The molecular formula is C17H24N2O3. The van der Waals surface area contributed by atoms with Crippen molar-refractivity contribution in [2.75, 3.05) is 32.8 Å². The molecule has 3 rings (SSSR count). The Morgan fingerprint density at radius 2 is 2.18 bits per heavy atom. The smallest absolute Gasteiger partial charge is 0.227 e. The summed E-state index contributed by atoms with van der Waals surface area (Å²) in [5.41, 5.74) is 0. The zero-order valence-corrected chi connectivity index (χ0v) is 13.1. The molecule has 2 aliphatic rings. The average molecular weight is 304 g/mol. The zero-order chi connectivity index (χ0) is 15.4. The molecule has 120 valence electrons. The van der Waals surface area contributed by atoms with Crippen LogP contribution in [-0.2, 0) is 4.79 Å². The lowest BCUT2D eigenvalue weighted by molar-refractivity contribution is -0.137. The predicted octanol–water partition coefficient (Wildman–Crippen LogP) is 1.67. The summed E-state index contributed by atoms with van der Waals surface area (Å²) >= 11 is 0. The predicted molar refractivity (Wildman–Crippen MR) is 84.2 cm³/mol. The number of fused-ring (bicyclic) bond motifs is 1. The monoisotopic (exact) mass is 304 g/mol. The van der Waals surface area contributed by atoms with Crippen molar-refractivity contribution >= 4 is 5.91 Å². The highest BCUT2D eigenvalue weighted by Gasteiger charge is 2.29. The van der Waals surface area contributed by atoms with Crippen LogP contribution in [0.3, 0.4) is 0 Å². The van der Waals surface area contributed by atoms with E-state index in [4.69, 9.17) is 9.47 Å². The Hall–Kier alpha value is -1.75. The van der Waals surface area contributed by atoms with Crippen molar-refractivity contribution in [3.8, 4) is 11.5 Å². The van der Waals surface area contributed by atoms with Gasteiger partial charge in [-0.3, -0.25) is 4.79 Å². The highest BCUT2D eigenvalue weighted by Crippen LogP contribution is 2.31. The van der Waals surface area contributed by atoms with Gasteiger partial charge in [0.2, 0.25) is 5.91 Å². The molecule has 0 bridgehead atoms. The lowest BCUT2D eigenvalue weighted by atomic mass is 9.98. The van der Waals surface area contributed by atoms with Gasteiger partial charge < -0.3 is 19.7 Å². The van der Waals surface area contributed by atoms with Crippen LogP contribution in [0, 0.1) is 5.92 Å². The van der Waals surface area contributed by atoms with Gasteiger partial charge in [0.05, 0.1) is 12.5 Å². The molecular weight excluding hydrogens is 280 g/mol. The average Bonchev–Trinajstić information content (AvgIpc) is 2.59. The van der Waals surface area contributed by atoms with E-state index < -0.39 is 0 Å². The Balaban J connectivity index is 1.60. The number of carbonyl (C=O) groups is 1. The molecule has 0 saturated carbocycles. The maximum absolute atomic E-state index is 12.6. The van der Waals surface area contributed by atoms with Crippen molar-refractivity contribution in [3.63, 3.8) is 0 Å². The fourth-order valence-electron chi connectivity index (χ4n) is 3.09. The number of rotatable bonds is 4. The molecule has 22 heavy (non-hydrogen) atoms. The van der Waals surface area contributed by atoms with Gasteiger partial charge in [0.15, 0.2) is 17.6 Å². The third-order valence-corrected chi connectivity index (χ3v) is 4.33. The molecule has 2 heterocycles. The molecule has 5 nitrogen and oxygen atoms in total. The molecule has 1 saturated heterocycles. The van der Waals surface area contributed by atoms with Crippen LogP contribution >= 0.6 is 0 Å². The molecule has 0 aliphatic carbocycles. The van der Waals surface area contributed by atoms with Crippen molar-refractivity contribution in [1.82, 2.24) is 10.2 Å². The molecule has 0 spiro atoms. The Kier molecular flexibility index (Phi) is 4.83. The minimum Gasteiger partial charge on any atom is -0.486 e. The fraction of sp³-hybridized carbons (Fsp3) is 0.588. The largest absolute Gasteiger partial charge is 0.486 e. The number of likely N-dealkylation sites (N-methyl/N-ethyl adjacent to an activating group) is 1. The van der Waals surface area contributed by atoms with Crippen LogP contribution in [-0.4, -0.2) is 49.7 Å². The van der Waals surface area contributed by atoms with Gasteiger partial charge in [0.1, 0.15) is 6.61 Å². The van der Waals surface area contributed by atoms with E-state index in [1.807, 2.05) is 36.1 Å². The van der Waals surface area contributed by atoms with Gasteiger partial charge in [-0.05, 0) is 38.4 Å². The lowest BCUT2D eigenvalue weighted by Gasteiger charge is -2.33. The maximum Gasteiger partial charge on any atom is 0.227 e. The standard InChI is InChI=1S/C17H24N2O3/c1-2-19(17(20)13-6-5-9-18-10-13)11-14-12-21-15-7-3-4-8-16(15)22-14/h3-4,7-8,13-14,18H,2,5-6,9-12H2,1H3. The van der Waals surface area contributed by atoms with Crippen molar-refractivity contribution in [3.05, 3.63) is 24.3 Å². The van der Waals surface area contributed by atoms with E-state index in [9.17, 15) is 4.79 Å². The van der Waals surface area contributed by atoms with Crippen molar-refractivity contribution < 1.29 is 14.3 Å². The molecule has 5 heteroatoms. The number of para-hydroxylation sites is 2. The molecule has 1 fully saturated rings. The van der Waals surface area contributed by atoms with Gasteiger partial charge in [-0.1, -0.05) is 12.1 Å². The van der Waals surface area contributed by atoms with Gasteiger partial charge in [-0.25, -0.2) is 0 Å². The normalized spacial score (nSPS) is 23.9. The molecule has 2 aliphatic heterocycles. The van der Waals surface area contributed by atoms with Crippen LogP contribution in [0.25, 0.3) is 0 Å². The number of amides is 1. The molecule has 0 radical (unpaired) electrons. The zero-order valence-electron chi connectivity index (χ0n) is 13.1. The van der Waals surface area contributed by atoms with Crippen LogP contribution in [0.4, 0.5) is 0 Å². The van der Waals surface area contributed by atoms with E-state index in [0.29, 0.717) is 19.7 Å². The van der Waals surface area contributed by atoms with Crippen LogP contribution in [0.2, 0.25) is 0 Å². The first-order chi connectivity index (χ1) is 10.8. The number of nitrogens with one attached hydrogen (secondary N) is 1. The Labute approximate surface area is 131 Å². The minimum absolute atomic E-state index is 0.102. The summed E-state index contributed by atoms with van der Waals surface area (Å²) in [5, 5.41) is 3.31. The van der Waals surface area contributed by atoms with Gasteiger partial charge in [0.25, 0.3) is 0 Å². The number of ether oxygens (including phenoxy) is 2. The van der Waals surface area contributed by atoms with Crippen LogP contribution in [0.1, 0.15) is 19.8 Å². The Bertz CT molecular complexity index is 514. The van der Waals surface area contributed by atoms with Crippen molar-refractivity contribution in [1.29, 1.82) is 0 Å². The van der Waals surface area contributed by atoms with Crippen LogP contribution in [0.15, 0.2) is 24.3 Å². The summed E-state index contributed by atoms with van der Waals surface area (Å²) in [6.45, 7) is 5.61. The molecule has 2 unspecified atom stereocenters. The minimum atomic E-state index is -0.102. The summed E-state index contributed by atoms with van der Waals surface area (Å²) in [7, 11) is 0. The summed E-state index contributed by atoms with van der Waals surface area (Å²) < 4.78 is 11.7. The quantitative estimate of drug-likeness (QED) is 0.919. The summed E-state index contributed by atoms with van der Waals surface area (Å²) in [4.78, 5) is 14.5. The van der Waals surface area contributed by atoms with E-state index >= 15 is 0 Å². The van der Waals surface area contributed by atoms with Crippen molar-refractivity contribution in [2.24, 2.45) is 5.92 Å². The first-order valence-corrected chi connectivity index (χ1v) is 8.16. The van der Waals surface area contributed by atoms with Gasteiger partial charge in [0, 0.05) is 13.1 Å². The molecule has 1 amide bonds. The van der Waals surface area contributed by atoms with Crippen LogP contribution in [0.5, 0.6) is 11.5 Å². The van der Waals surface area contributed by atoms with Gasteiger partial charge >= 0.3 is 0 Å². The van der Waals surface area contributed by atoms with E-state index in [-0.39, 0.29) is 17.9 Å². The van der Waals surface area contributed by atoms with E-state index in [2.05, 4.69) is 5.32 Å². The lowest BCUT2D eigenvalue weighted by Crippen LogP contribution is -2.48. The second kappa shape index (κ2) is 7.01. The Morgan fingerprint density at radius 3 is 2.91 bits per heavy atom.